The molecule has 1 aromatic carbocycles. The minimum Gasteiger partial charge on any atom is -0.496 e. The molecular formula is C23H46O7Si5. The van der Waals surface area contributed by atoms with Crippen molar-refractivity contribution in [3.63, 3.8) is 0 Å². The van der Waals surface area contributed by atoms with E-state index in [1.54, 1.807) is 7.11 Å². The van der Waals surface area contributed by atoms with Crippen LogP contribution in [0.25, 0.3) is 5.76 Å². The molecule has 1 aromatic rings. The summed E-state index contributed by atoms with van der Waals surface area (Å²) in [4.78, 5) is 13.5. The smallest absolute Gasteiger partial charge is 0.377 e. The van der Waals surface area contributed by atoms with E-state index in [1.165, 1.54) is 14.2 Å². The molecule has 0 fully saturated rings. The molecule has 0 saturated carbocycles. The molecule has 0 spiro atoms. The lowest BCUT2D eigenvalue weighted by Gasteiger charge is -2.31. The Morgan fingerprint density at radius 1 is 0.914 bits per heavy atom. The van der Waals surface area contributed by atoms with Crippen molar-refractivity contribution in [2.24, 2.45) is 5.92 Å². The summed E-state index contributed by atoms with van der Waals surface area (Å²) in [5, 5.41) is 0. The molecule has 200 valence electrons. The van der Waals surface area contributed by atoms with Crippen LogP contribution in [0.3, 0.4) is 0 Å². The molecule has 0 saturated heterocycles. The largest absolute Gasteiger partial charge is 0.496 e. The number of methoxy groups -OCH3 is 3. The van der Waals surface area contributed by atoms with Gasteiger partial charge in [0.05, 0.1) is 32.6 Å². The number of benzene rings is 1. The fourth-order valence-electron chi connectivity index (χ4n) is 3.40. The normalized spacial score (nSPS) is 15.4. The highest BCUT2D eigenvalue weighted by Crippen LogP contribution is 2.30. The van der Waals surface area contributed by atoms with Crippen LogP contribution in [0.2, 0.25) is 39.3 Å². The van der Waals surface area contributed by atoms with Gasteiger partial charge in [0, 0.05) is 0 Å². The Kier molecular flexibility index (Phi) is 13.2. The summed E-state index contributed by atoms with van der Waals surface area (Å²) in [7, 11) is -1.94. The second kappa shape index (κ2) is 14.5. The molecule has 1 unspecified atom stereocenters. The van der Waals surface area contributed by atoms with E-state index in [2.05, 4.69) is 53.1 Å². The number of rotatable bonds is 15. The third-order valence-corrected chi connectivity index (χ3v) is 28.6. The molecule has 0 bridgehead atoms. The summed E-state index contributed by atoms with van der Waals surface area (Å²) >= 11 is 0. The number of carbonyl (C=O) groups is 1. The van der Waals surface area contributed by atoms with Crippen molar-refractivity contribution in [1.82, 2.24) is 0 Å². The Hall–Kier alpha value is -1.17. The first-order chi connectivity index (χ1) is 16.2. The van der Waals surface area contributed by atoms with Crippen LogP contribution in [0.15, 0.2) is 30.0 Å². The van der Waals surface area contributed by atoms with E-state index in [-0.39, 0.29) is 11.5 Å². The number of carbonyl (C=O) groups excluding carboxylic acids is 1. The Labute approximate surface area is 220 Å². The minimum atomic E-state index is -1.66. The van der Waals surface area contributed by atoms with E-state index < -0.39 is 49.0 Å². The summed E-state index contributed by atoms with van der Waals surface area (Å²) < 4.78 is 35.9. The van der Waals surface area contributed by atoms with Crippen molar-refractivity contribution < 1.29 is 32.0 Å². The number of esters is 1. The van der Waals surface area contributed by atoms with Gasteiger partial charge in [-0.25, -0.2) is 4.79 Å². The predicted octanol–water partition coefficient (Wildman–Crippen LogP) is 3.24. The highest BCUT2D eigenvalue weighted by atomic mass is 29.6. The van der Waals surface area contributed by atoms with Gasteiger partial charge in [-0.1, -0.05) is 26.0 Å². The molecule has 0 heterocycles. The molecule has 35 heavy (non-hydrogen) atoms. The second-order valence-corrected chi connectivity index (χ2v) is 36.4. The monoisotopic (exact) mass is 574 g/mol. The average Bonchev–Trinajstić information content (AvgIpc) is 2.75. The van der Waals surface area contributed by atoms with Crippen molar-refractivity contribution in [1.29, 1.82) is 0 Å². The summed E-state index contributed by atoms with van der Waals surface area (Å²) in [5.74, 6) is 0.796. The van der Waals surface area contributed by atoms with Gasteiger partial charge in [-0.15, -0.1) is 0 Å². The average molecular weight is 575 g/mol. The van der Waals surface area contributed by atoms with Crippen LogP contribution in [-0.2, 0) is 27.2 Å². The minimum absolute atomic E-state index is 0.0408. The van der Waals surface area contributed by atoms with Gasteiger partial charge in [0.25, 0.3) is 0 Å². The standard InChI is InChI=1S/C23H46O7Si5/c1-17(2)16-20(33(31-29-34(6,7)8)32-30-35(9,10)11)28-23(24)22(27-5)21(26-4)18-14-12-13-15-19(18)25-3/h12-15,17,20,33H,16,31-32H2,1-11H3. The molecule has 1 atom stereocenters. The van der Waals surface area contributed by atoms with E-state index in [1.807, 2.05) is 24.3 Å². The third-order valence-electron chi connectivity index (χ3n) is 5.10. The fourth-order valence-corrected chi connectivity index (χ4v) is 34.3. The van der Waals surface area contributed by atoms with Crippen LogP contribution in [0.1, 0.15) is 25.8 Å². The molecular weight excluding hydrogens is 529 g/mol. The van der Waals surface area contributed by atoms with Gasteiger partial charge >= 0.3 is 5.97 Å². The highest BCUT2D eigenvalue weighted by molar-refractivity contribution is 7.38. The van der Waals surface area contributed by atoms with Crippen molar-refractivity contribution in [2.75, 3.05) is 21.3 Å². The molecule has 7 nitrogen and oxygen atoms in total. The van der Waals surface area contributed by atoms with Crippen LogP contribution in [0.5, 0.6) is 5.75 Å². The van der Waals surface area contributed by atoms with E-state index in [4.69, 9.17) is 27.2 Å². The first-order valence-electron chi connectivity index (χ1n) is 12.2. The SMILES string of the molecule is COC(C(=O)OC(CC(C)C)[SiH]([SiH2]O[Si](C)(C)C)[SiH2]O[Si](C)(C)C)=C(OC)c1ccccc1OC. The van der Waals surface area contributed by atoms with E-state index in [0.717, 1.165) is 6.42 Å². The van der Waals surface area contributed by atoms with E-state index >= 15 is 0 Å². The maximum Gasteiger partial charge on any atom is 0.377 e. The summed E-state index contributed by atoms with van der Waals surface area (Å²) in [6.07, 6.45) is 0.806. The predicted molar refractivity (Wildman–Crippen MR) is 156 cm³/mol. The number of hydrogen-bond acceptors (Lipinski definition) is 7. The van der Waals surface area contributed by atoms with Gasteiger partial charge in [0.15, 0.2) is 22.4 Å². The molecule has 0 aliphatic rings. The van der Waals surface area contributed by atoms with Crippen LogP contribution in [-0.4, -0.2) is 76.1 Å². The zero-order valence-electron chi connectivity index (χ0n) is 23.5. The molecule has 0 aliphatic carbocycles. The molecule has 0 amide bonds. The zero-order valence-corrected chi connectivity index (χ0v) is 29.5. The maximum atomic E-state index is 13.5. The van der Waals surface area contributed by atoms with Crippen LogP contribution >= 0.6 is 0 Å². The molecule has 0 aromatic heterocycles. The first-order valence-corrected chi connectivity index (χ1v) is 27.3. The molecule has 1 rings (SSSR count). The third kappa shape index (κ3) is 11.6. The van der Waals surface area contributed by atoms with Gasteiger partial charge in [-0.2, -0.15) is 0 Å². The molecule has 0 N–H and O–H groups in total. The van der Waals surface area contributed by atoms with E-state index in [0.29, 0.717) is 23.0 Å². The fraction of sp³-hybridized carbons (Fsp3) is 0.609. The van der Waals surface area contributed by atoms with E-state index in [9.17, 15) is 4.79 Å². The van der Waals surface area contributed by atoms with Gasteiger partial charge in [0.2, 0.25) is 5.76 Å². The lowest BCUT2D eigenvalue weighted by molar-refractivity contribution is -0.145. The topological polar surface area (TPSA) is 72.5 Å². The summed E-state index contributed by atoms with van der Waals surface area (Å²) in [5.41, 5.74) is 0.489. The Balaban J connectivity index is 3.35. The summed E-state index contributed by atoms with van der Waals surface area (Å²) in [6, 6.07) is 7.37. The van der Waals surface area contributed by atoms with Gasteiger partial charge in [-0.3, -0.25) is 0 Å². The summed E-state index contributed by atoms with van der Waals surface area (Å²) in [6.45, 7) is 17.7. The number of ether oxygens (including phenoxy) is 4. The van der Waals surface area contributed by atoms with Crippen molar-refractivity contribution in [3.8, 4) is 5.75 Å². The number of para-hydroxylation sites is 1. The molecule has 12 heteroatoms. The lowest BCUT2D eigenvalue weighted by atomic mass is 10.1. The first kappa shape index (κ1) is 31.9. The van der Waals surface area contributed by atoms with Crippen molar-refractivity contribution in [2.45, 2.75) is 65.3 Å². The number of hydrogen-bond donors (Lipinski definition) is 0. The molecule has 0 radical (unpaired) electrons. The Morgan fingerprint density at radius 2 is 1.46 bits per heavy atom. The van der Waals surface area contributed by atoms with Crippen LogP contribution in [0.4, 0.5) is 0 Å². The van der Waals surface area contributed by atoms with Crippen molar-refractivity contribution in [3.05, 3.63) is 35.6 Å². The lowest BCUT2D eigenvalue weighted by Crippen LogP contribution is -2.52. The highest BCUT2D eigenvalue weighted by Gasteiger charge is 2.34. The van der Waals surface area contributed by atoms with Crippen LogP contribution < -0.4 is 4.74 Å². The molecule has 0 aliphatic heterocycles. The Morgan fingerprint density at radius 3 is 1.89 bits per heavy atom. The second-order valence-electron chi connectivity index (χ2n) is 10.9. The maximum absolute atomic E-state index is 13.5. The zero-order chi connectivity index (χ0) is 26.8. The quantitative estimate of drug-likeness (QED) is 0.138. The van der Waals surface area contributed by atoms with Crippen molar-refractivity contribution >= 4 is 54.8 Å². The van der Waals surface area contributed by atoms with Gasteiger partial charge < -0.3 is 27.2 Å². The van der Waals surface area contributed by atoms with Crippen LogP contribution in [0, 0.1) is 5.92 Å². The Bertz CT molecular complexity index is 816. The van der Waals surface area contributed by atoms with Gasteiger partial charge in [-0.05, 0) is 63.8 Å². The van der Waals surface area contributed by atoms with Gasteiger partial charge in [0.1, 0.15) is 32.1 Å².